The van der Waals surface area contributed by atoms with Gasteiger partial charge in [-0.3, -0.25) is 9.59 Å². The van der Waals surface area contributed by atoms with Crippen LogP contribution in [0.5, 0.6) is 0 Å². The fraction of sp³-hybridized carbons (Fsp3) is 0.786. The molecule has 0 bridgehead atoms. The summed E-state index contributed by atoms with van der Waals surface area (Å²) in [5.41, 5.74) is 0. The largest absolute Gasteiger partial charge is 0.453 e. The fourth-order valence-corrected chi connectivity index (χ4v) is 2.01. The van der Waals surface area contributed by atoms with Crippen LogP contribution < -0.4 is 10.6 Å². The second-order valence-electron chi connectivity index (χ2n) is 4.81. The van der Waals surface area contributed by atoms with E-state index in [1.165, 1.54) is 13.5 Å². The summed E-state index contributed by atoms with van der Waals surface area (Å²) in [6.07, 6.45) is 2.62. The first kappa shape index (κ1) is 19.2. The molecule has 1 aliphatic heterocycles. The molecule has 1 heterocycles. The average Bonchev–Trinajstić information content (AvgIpc) is 2.93. The van der Waals surface area contributed by atoms with Gasteiger partial charge in [0.25, 0.3) is 0 Å². The first-order valence-electron chi connectivity index (χ1n) is 7.31. The highest BCUT2D eigenvalue weighted by Crippen LogP contribution is 2.19. The molecule has 0 aliphatic carbocycles. The second kappa shape index (κ2) is 10.9. The Kier molecular flexibility index (Phi) is 10.0. The summed E-state index contributed by atoms with van der Waals surface area (Å²) in [5, 5.41) is 4.89. The van der Waals surface area contributed by atoms with Crippen molar-refractivity contribution in [1.82, 2.24) is 15.5 Å². The normalized spacial score (nSPS) is 16.6. The number of methoxy groups -OCH3 is 1. The number of amides is 3. The molecule has 1 rings (SSSR count). The highest BCUT2D eigenvalue weighted by Gasteiger charge is 2.30. The Hall–Kier alpha value is -1.79. The first-order chi connectivity index (χ1) is 9.99. The van der Waals surface area contributed by atoms with E-state index in [-0.39, 0.29) is 24.4 Å². The number of carbonyl (C=O) groups excluding carboxylic acids is 3. The molecule has 0 radical (unpaired) electrons. The Bertz CT molecular complexity index is 347. The zero-order valence-corrected chi connectivity index (χ0v) is 13.4. The predicted molar refractivity (Wildman–Crippen MR) is 79.8 cm³/mol. The number of ether oxygens (including phenoxy) is 1. The Balaban J connectivity index is 0.00000122. The van der Waals surface area contributed by atoms with Gasteiger partial charge in [0.1, 0.15) is 6.54 Å². The van der Waals surface area contributed by atoms with Gasteiger partial charge in [-0.2, -0.15) is 0 Å². The molecule has 1 atom stereocenters. The van der Waals surface area contributed by atoms with E-state index in [0.29, 0.717) is 13.0 Å². The topological polar surface area (TPSA) is 87.7 Å². The van der Waals surface area contributed by atoms with E-state index >= 15 is 0 Å². The minimum absolute atomic E-state index is 0.0723. The number of nitrogens with zero attached hydrogens (tertiary/aromatic N) is 1. The number of rotatable bonds is 4. The monoisotopic (exact) mass is 301 g/mol. The maximum Gasteiger partial charge on any atom is 0.407 e. The molecule has 7 heteroatoms. The number of likely N-dealkylation sites (tertiary alicyclic amines) is 1. The van der Waals surface area contributed by atoms with E-state index in [2.05, 4.69) is 29.2 Å². The Labute approximate surface area is 126 Å². The van der Waals surface area contributed by atoms with Crippen molar-refractivity contribution >= 4 is 17.9 Å². The molecule has 2 N–H and O–H groups in total. The average molecular weight is 301 g/mol. The van der Waals surface area contributed by atoms with E-state index in [1.807, 2.05) is 0 Å². The summed E-state index contributed by atoms with van der Waals surface area (Å²) < 4.78 is 4.39. The van der Waals surface area contributed by atoms with Crippen LogP contribution in [0.1, 0.15) is 39.5 Å². The van der Waals surface area contributed by atoms with Crippen molar-refractivity contribution in [2.24, 2.45) is 0 Å². The third-order valence-electron chi connectivity index (χ3n) is 2.97. The minimum atomic E-state index is -0.634. The molecule has 1 fully saturated rings. The zero-order chi connectivity index (χ0) is 16.3. The predicted octanol–water partition coefficient (Wildman–Crippen LogP) is 0.886. The number of alkyl carbamates (subject to hydrolysis) is 1. The van der Waals surface area contributed by atoms with Gasteiger partial charge in [0.05, 0.1) is 7.11 Å². The number of hydrogen-bond donors (Lipinski definition) is 2. The van der Waals surface area contributed by atoms with Crippen LogP contribution >= 0.6 is 0 Å². The third-order valence-corrected chi connectivity index (χ3v) is 2.97. The van der Waals surface area contributed by atoms with Crippen molar-refractivity contribution in [3.8, 4) is 0 Å². The minimum Gasteiger partial charge on any atom is -0.453 e. The lowest BCUT2D eigenvalue weighted by Gasteiger charge is -2.24. The van der Waals surface area contributed by atoms with Gasteiger partial charge >= 0.3 is 6.09 Å². The third kappa shape index (κ3) is 7.53. The van der Waals surface area contributed by atoms with Gasteiger partial charge < -0.3 is 20.3 Å². The molecule has 0 aromatic heterocycles. The molecule has 21 heavy (non-hydrogen) atoms. The maximum atomic E-state index is 11.9. The van der Waals surface area contributed by atoms with Gasteiger partial charge in [0.2, 0.25) is 11.8 Å². The number of carbonyl (C=O) groups is 3. The molecule has 122 valence electrons. The smallest absolute Gasteiger partial charge is 0.407 e. The quantitative estimate of drug-likeness (QED) is 0.807. The molecule has 0 aromatic carbocycles. The maximum absolute atomic E-state index is 11.9. The molecule has 0 spiro atoms. The van der Waals surface area contributed by atoms with Crippen molar-refractivity contribution in [2.45, 2.75) is 45.6 Å². The summed E-state index contributed by atoms with van der Waals surface area (Å²) in [7, 11) is 2.81. The van der Waals surface area contributed by atoms with E-state index in [9.17, 15) is 14.4 Å². The molecule has 0 saturated carbocycles. The second-order valence-corrected chi connectivity index (χ2v) is 4.81. The fourth-order valence-electron chi connectivity index (χ4n) is 2.01. The molecule has 7 nitrogen and oxygen atoms in total. The van der Waals surface area contributed by atoms with Crippen molar-refractivity contribution in [3.63, 3.8) is 0 Å². The van der Waals surface area contributed by atoms with Crippen LogP contribution in [0, 0.1) is 0 Å². The van der Waals surface area contributed by atoms with Gasteiger partial charge in [-0.05, 0) is 12.8 Å². The van der Waals surface area contributed by atoms with E-state index in [0.717, 1.165) is 12.8 Å². The highest BCUT2D eigenvalue weighted by molar-refractivity contribution is 5.83. The van der Waals surface area contributed by atoms with E-state index < -0.39 is 6.09 Å². The van der Waals surface area contributed by atoms with Crippen molar-refractivity contribution in [3.05, 3.63) is 0 Å². The lowest BCUT2D eigenvalue weighted by atomic mass is 10.1. The van der Waals surface area contributed by atoms with Crippen LogP contribution in [0.2, 0.25) is 0 Å². The molecule has 1 saturated heterocycles. The zero-order valence-electron chi connectivity index (χ0n) is 13.4. The summed E-state index contributed by atoms with van der Waals surface area (Å²) >= 11 is 0. The SMILES string of the molecule is CCC.CNC(=O)CC1CCCN1C(=O)CNC(=O)OC. The van der Waals surface area contributed by atoms with Gasteiger partial charge in [-0.15, -0.1) is 0 Å². The first-order valence-corrected chi connectivity index (χ1v) is 7.31. The Morgan fingerprint density at radius 1 is 1.29 bits per heavy atom. The number of nitrogens with one attached hydrogen (secondary N) is 2. The lowest BCUT2D eigenvalue weighted by Crippen LogP contribution is -2.44. The molecule has 3 amide bonds. The summed E-state index contributed by atoms with van der Waals surface area (Å²) in [5.74, 6) is -0.271. The van der Waals surface area contributed by atoms with Gasteiger partial charge in [0.15, 0.2) is 0 Å². The Morgan fingerprint density at radius 2 is 1.90 bits per heavy atom. The molecule has 1 unspecified atom stereocenters. The van der Waals surface area contributed by atoms with Gasteiger partial charge in [0, 0.05) is 26.1 Å². The van der Waals surface area contributed by atoms with Crippen molar-refractivity contribution in [1.29, 1.82) is 0 Å². The molecular formula is C14H27N3O4. The number of hydrogen-bond acceptors (Lipinski definition) is 4. The summed E-state index contributed by atoms with van der Waals surface area (Å²) in [6, 6.07) is -0.0723. The van der Waals surface area contributed by atoms with E-state index in [4.69, 9.17) is 0 Å². The molecule has 1 aliphatic rings. The summed E-state index contributed by atoms with van der Waals surface area (Å²) in [6.45, 7) is 4.78. The molecular weight excluding hydrogens is 274 g/mol. The van der Waals surface area contributed by atoms with Crippen molar-refractivity contribution in [2.75, 3.05) is 27.2 Å². The van der Waals surface area contributed by atoms with Crippen LogP contribution in [-0.2, 0) is 14.3 Å². The van der Waals surface area contributed by atoms with Gasteiger partial charge in [-0.1, -0.05) is 20.3 Å². The van der Waals surface area contributed by atoms with Crippen molar-refractivity contribution < 1.29 is 19.1 Å². The summed E-state index contributed by atoms with van der Waals surface area (Å²) in [4.78, 5) is 35.7. The van der Waals surface area contributed by atoms with E-state index in [1.54, 1.807) is 11.9 Å². The lowest BCUT2D eigenvalue weighted by molar-refractivity contribution is -0.132. The highest BCUT2D eigenvalue weighted by atomic mass is 16.5. The Morgan fingerprint density at radius 3 is 2.43 bits per heavy atom. The standard InChI is InChI=1S/C11H19N3O4.C3H8/c1-12-9(15)6-8-4-3-5-14(8)10(16)7-13-11(17)18-2;1-3-2/h8H,3-7H2,1-2H3,(H,12,15)(H,13,17);3H2,1-2H3. The van der Waals surface area contributed by atoms with Crippen LogP contribution in [0.15, 0.2) is 0 Å². The van der Waals surface area contributed by atoms with Crippen LogP contribution in [0.25, 0.3) is 0 Å². The van der Waals surface area contributed by atoms with Crippen LogP contribution in [-0.4, -0.2) is 56.1 Å². The van der Waals surface area contributed by atoms with Crippen LogP contribution in [0.4, 0.5) is 4.79 Å². The molecule has 0 aromatic rings. The van der Waals surface area contributed by atoms with Crippen LogP contribution in [0.3, 0.4) is 0 Å². The van der Waals surface area contributed by atoms with Gasteiger partial charge in [-0.25, -0.2) is 4.79 Å².